The van der Waals surface area contributed by atoms with Gasteiger partial charge in [-0.1, -0.05) is 30.3 Å². The van der Waals surface area contributed by atoms with Gasteiger partial charge in [-0.15, -0.1) is 0 Å². The molecule has 0 aliphatic carbocycles. The molecule has 24 heavy (non-hydrogen) atoms. The van der Waals surface area contributed by atoms with E-state index in [0.717, 1.165) is 19.4 Å². The normalized spacial score (nSPS) is 17.2. The maximum absolute atomic E-state index is 13.0. The van der Waals surface area contributed by atoms with Crippen LogP contribution in [0.15, 0.2) is 61.3 Å². The molecule has 0 unspecified atom stereocenters. The molecule has 0 spiro atoms. The largest absolute Gasteiger partial charge is 0.332 e. The van der Waals surface area contributed by atoms with Crippen molar-refractivity contribution in [3.8, 4) is 5.82 Å². The number of rotatable bonds is 3. The zero-order valence-electron chi connectivity index (χ0n) is 13.1. The highest BCUT2D eigenvalue weighted by atomic mass is 16.2. The van der Waals surface area contributed by atoms with E-state index in [9.17, 15) is 4.79 Å². The highest BCUT2D eigenvalue weighted by Gasteiger charge is 2.30. The molecule has 0 bridgehead atoms. The van der Waals surface area contributed by atoms with Gasteiger partial charge in [0.25, 0.3) is 5.91 Å². The Morgan fingerprint density at radius 1 is 1.17 bits per heavy atom. The van der Waals surface area contributed by atoms with Crippen LogP contribution >= 0.6 is 0 Å². The molecule has 1 amide bonds. The van der Waals surface area contributed by atoms with Crippen LogP contribution < -0.4 is 0 Å². The van der Waals surface area contributed by atoms with Crippen LogP contribution in [0.4, 0.5) is 0 Å². The lowest BCUT2D eigenvalue weighted by Crippen LogP contribution is -2.30. The van der Waals surface area contributed by atoms with Gasteiger partial charge in [0.15, 0.2) is 5.82 Å². The standard InChI is InChI=1S/C18H17N5O/c24-18(15-8-9-20-17(11-15)23-13-19-12-21-23)22-10-4-7-16(22)14-5-2-1-3-6-14/h1-3,5-6,8-9,11-13,16H,4,7,10H2/t16-/m0/s1. The SMILES string of the molecule is O=C(c1ccnc(-n2cncn2)c1)N1CCC[C@H]1c1ccccc1. The minimum Gasteiger partial charge on any atom is -0.332 e. The summed E-state index contributed by atoms with van der Waals surface area (Å²) in [5, 5.41) is 4.07. The van der Waals surface area contributed by atoms with Crippen LogP contribution in [0.3, 0.4) is 0 Å². The maximum Gasteiger partial charge on any atom is 0.254 e. The number of aromatic nitrogens is 4. The van der Waals surface area contributed by atoms with Crippen molar-refractivity contribution in [2.75, 3.05) is 6.54 Å². The van der Waals surface area contributed by atoms with Crippen molar-refractivity contribution in [2.24, 2.45) is 0 Å². The van der Waals surface area contributed by atoms with Crippen molar-refractivity contribution >= 4 is 5.91 Å². The van der Waals surface area contributed by atoms with Crippen LogP contribution in [0.5, 0.6) is 0 Å². The minimum absolute atomic E-state index is 0.0325. The van der Waals surface area contributed by atoms with Crippen LogP contribution in [-0.4, -0.2) is 37.1 Å². The van der Waals surface area contributed by atoms with Gasteiger partial charge in [-0.05, 0) is 30.5 Å². The summed E-state index contributed by atoms with van der Waals surface area (Å²) in [5.41, 5.74) is 1.81. The Hall–Kier alpha value is -3.02. The predicted octanol–water partition coefficient (Wildman–Crippen LogP) is 2.64. The molecule has 1 saturated heterocycles. The van der Waals surface area contributed by atoms with E-state index in [0.29, 0.717) is 11.4 Å². The van der Waals surface area contributed by atoms with Crippen LogP contribution in [0, 0.1) is 0 Å². The summed E-state index contributed by atoms with van der Waals surface area (Å²) in [6.07, 6.45) is 6.67. The van der Waals surface area contributed by atoms with Crippen LogP contribution in [0.25, 0.3) is 5.82 Å². The summed E-state index contributed by atoms with van der Waals surface area (Å²) in [6.45, 7) is 0.777. The second-order valence-corrected chi connectivity index (χ2v) is 5.81. The summed E-state index contributed by atoms with van der Waals surface area (Å²) in [7, 11) is 0. The first-order chi connectivity index (χ1) is 11.8. The van der Waals surface area contributed by atoms with Crippen LogP contribution in [0.1, 0.15) is 34.8 Å². The number of amides is 1. The minimum atomic E-state index is 0.0325. The quantitative estimate of drug-likeness (QED) is 0.744. The van der Waals surface area contributed by atoms with Gasteiger partial charge >= 0.3 is 0 Å². The van der Waals surface area contributed by atoms with E-state index in [1.807, 2.05) is 23.1 Å². The first kappa shape index (κ1) is 14.6. The van der Waals surface area contributed by atoms with Gasteiger partial charge in [0.1, 0.15) is 12.7 Å². The van der Waals surface area contributed by atoms with Gasteiger partial charge in [-0.3, -0.25) is 4.79 Å². The van der Waals surface area contributed by atoms with E-state index in [-0.39, 0.29) is 11.9 Å². The van der Waals surface area contributed by atoms with E-state index in [1.165, 1.54) is 11.9 Å². The number of hydrogen-bond acceptors (Lipinski definition) is 4. The average molecular weight is 319 g/mol. The summed E-state index contributed by atoms with van der Waals surface area (Å²) in [4.78, 5) is 23.1. The Morgan fingerprint density at radius 2 is 2.04 bits per heavy atom. The topological polar surface area (TPSA) is 63.9 Å². The molecular weight excluding hydrogens is 302 g/mol. The van der Waals surface area contributed by atoms with Gasteiger partial charge in [0.2, 0.25) is 0 Å². The molecule has 4 rings (SSSR count). The lowest BCUT2D eigenvalue weighted by molar-refractivity contribution is 0.0735. The fourth-order valence-corrected chi connectivity index (χ4v) is 3.20. The van der Waals surface area contributed by atoms with Gasteiger partial charge in [-0.25, -0.2) is 14.6 Å². The van der Waals surface area contributed by atoms with Crippen molar-refractivity contribution in [1.29, 1.82) is 0 Å². The Kier molecular flexibility index (Phi) is 3.78. The van der Waals surface area contributed by atoms with Crippen molar-refractivity contribution < 1.29 is 4.79 Å². The second-order valence-electron chi connectivity index (χ2n) is 5.81. The molecule has 1 aromatic carbocycles. The number of hydrogen-bond donors (Lipinski definition) is 0. The third-order valence-electron chi connectivity index (χ3n) is 4.34. The molecule has 1 aliphatic rings. The molecule has 0 radical (unpaired) electrons. The van der Waals surface area contributed by atoms with Gasteiger partial charge in [0.05, 0.1) is 6.04 Å². The third kappa shape index (κ3) is 2.67. The maximum atomic E-state index is 13.0. The summed E-state index contributed by atoms with van der Waals surface area (Å²) >= 11 is 0. The molecule has 6 nitrogen and oxygen atoms in total. The first-order valence-corrected chi connectivity index (χ1v) is 8.00. The molecule has 6 heteroatoms. The summed E-state index contributed by atoms with van der Waals surface area (Å²) < 4.78 is 1.55. The van der Waals surface area contributed by atoms with E-state index < -0.39 is 0 Å². The molecule has 1 fully saturated rings. The highest BCUT2D eigenvalue weighted by molar-refractivity contribution is 5.95. The molecule has 3 heterocycles. The molecule has 1 aliphatic heterocycles. The number of carbonyl (C=O) groups is 1. The molecule has 2 aromatic heterocycles. The highest BCUT2D eigenvalue weighted by Crippen LogP contribution is 2.33. The smallest absolute Gasteiger partial charge is 0.254 e. The van der Waals surface area contributed by atoms with Gasteiger partial charge in [-0.2, -0.15) is 5.10 Å². The van der Waals surface area contributed by atoms with Gasteiger partial charge in [0, 0.05) is 18.3 Å². The zero-order chi connectivity index (χ0) is 16.4. The van der Waals surface area contributed by atoms with Crippen LogP contribution in [-0.2, 0) is 0 Å². The molecule has 3 aromatic rings. The molecule has 120 valence electrons. The number of carbonyl (C=O) groups excluding carboxylic acids is 1. The van der Waals surface area contributed by atoms with Crippen molar-refractivity contribution in [1.82, 2.24) is 24.6 Å². The molecule has 0 N–H and O–H groups in total. The molecule has 1 atom stereocenters. The fourth-order valence-electron chi connectivity index (χ4n) is 3.20. The van der Waals surface area contributed by atoms with E-state index in [4.69, 9.17) is 0 Å². The second kappa shape index (κ2) is 6.23. The van der Waals surface area contributed by atoms with Crippen molar-refractivity contribution in [3.63, 3.8) is 0 Å². The Morgan fingerprint density at radius 3 is 2.83 bits per heavy atom. The van der Waals surface area contributed by atoms with Gasteiger partial charge < -0.3 is 4.90 Å². The monoisotopic (exact) mass is 319 g/mol. The Labute approximate surface area is 139 Å². The Balaban J connectivity index is 1.62. The van der Waals surface area contributed by atoms with E-state index in [1.54, 1.807) is 29.3 Å². The Bertz CT molecular complexity index is 832. The van der Waals surface area contributed by atoms with Crippen molar-refractivity contribution in [3.05, 3.63) is 72.4 Å². The first-order valence-electron chi connectivity index (χ1n) is 8.00. The van der Waals surface area contributed by atoms with E-state index in [2.05, 4.69) is 27.2 Å². The molecular formula is C18H17N5O. The third-order valence-corrected chi connectivity index (χ3v) is 4.34. The van der Waals surface area contributed by atoms with E-state index >= 15 is 0 Å². The predicted molar refractivity (Wildman–Crippen MR) is 88.6 cm³/mol. The lowest BCUT2D eigenvalue weighted by atomic mass is 10.0. The summed E-state index contributed by atoms with van der Waals surface area (Å²) in [6, 6.07) is 13.9. The number of likely N-dealkylation sites (tertiary alicyclic amines) is 1. The number of nitrogens with zero attached hydrogens (tertiary/aromatic N) is 5. The van der Waals surface area contributed by atoms with Crippen molar-refractivity contribution in [2.45, 2.75) is 18.9 Å². The zero-order valence-corrected chi connectivity index (χ0v) is 13.1. The summed E-state index contributed by atoms with van der Waals surface area (Å²) in [5.74, 6) is 0.624. The average Bonchev–Trinajstić information content (AvgIpc) is 3.34. The number of pyridine rings is 1. The van der Waals surface area contributed by atoms with Crippen LogP contribution in [0.2, 0.25) is 0 Å². The molecule has 0 saturated carbocycles. The fraction of sp³-hybridized carbons (Fsp3) is 0.222. The lowest BCUT2D eigenvalue weighted by Gasteiger charge is -2.25. The number of benzene rings is 1.